The number of phosphoric ester groups is 1. The van der Waals surface area contributed by atoms with Crippen molar-refractivity contribution in [2.45, 2.75) is 277 Å². The first kappa shape index (κ1) is 65.7. The smallest absolute Gasteiger partial charge is 0.462 e. The molecule has 0 heterocycles. The van der Waals surface area contributed by atoms with Gasteiger partial charge in [0.1, 0.15) is 12.7 Å². The van der Waals surface area contributed by atoms with Gasteiger partial charge in [0, 0.05) is 19.3 Å². The summed E-state index contributed by atoms with van der Waals surface area (Å²) in [6.45, 7) is 4.60. The molecule has 0 spiro atoms. The Bertz CT molecular complexity index is 1280. The van der Waals surface area contributed by atoms with Crippen LogP contribution in [0.15, 0.2) is 36.5 Å². The average molecular weight is 983 g/mol. The molecule has 12 heteroatoms. The molecule has 3 atom stereocenters. The Morgan fingerprint density at radius 1 is 0.412 bits per heavy atom. The van der Waals surface area contributed by atoms with E-state index in [1.807, 2.05) is 0 Å². The van der Waals surface area contributed by atoms with Gasteiger partial charge in [0.2, 0.25) is 0 Å². The Kier molecular flexibility index (Phi) is 49.3. The van der Waals surface area contributed by atoms with Gasteiger partial charge in [-0.25, -0.2) is 4.57 Å². The maximum Gasteiger partial charge on any atom is 0.472 e. The predicted octanol–water partition coefficient (Wildman–Crippen LogP) is 16.0. The van der Waals surface area contributed by atoms with Crippen molar-refractivity contribution in [3.63, 3.8) is 0 Å². The van der Waals surface area contributed by atoms with E-state index in [9.17, 15) is 28.9 Å². The number of carbonyl (C=O) groups excluding carboxylic acids is 3. The first-order valence-corrected chi connectivity index (χ1v) is 29.4. The molecular formula is C56H103O11P. The molecule has 0 rings (SSSR count). The van der Waals surface area contributed by atoms with Gasteiger partial charge in [0.05, 0.1) is 19.8 Å². The summed E-state index contributed by atoms with van der Waals surface area (Å²) in [6.07, 6.45) is 51.0. The van der Waals surface area contributed by atoms with Crippen LogP contribution in [0.4, 0.5) is 0 Å². The van der Waals surface area contributed by atoms with Gasteiger partial charge in [-0.1, -0.05) is 205 Å². The minimum absolute atomic E-state index is 0.161. The fourth-order valence-corrected chi connectivity index (χ4v) is 8.52. The molecule has 0 amide bonds. The van der Waals surface area contributed by atoms with Crippen LogP contribution in [0.2, 0.25) is 0 Å². The highest BCUT2D eigenvalue weighted by molar-refractivity contribution is 7.47. The summed E-state index contributed by atoms with van der Waals surface area (Å²) < 4.78 is 39.4. The van der Waals surface area contributed by atoms with E-state index in [1.165, 1.54) is 109 Å². The van der Waals surface area contributed by atoms with Crippen LogP contribution < -0.4 is 0 Å². The molecular weight excluding hydrogens is 880 g/mol. The van der Waals surface area contributed by atoms with E-state index in [0.717, 1.165) is 96.3 Å². The number of phosphoric acid groups is 1. The van der Waals surface area contributed by atoms with Crippen molar-refractivity contribution in [1.82, 2.24) is 0 Å². The summed E-state index contributed by atoms with van der Waals surface area (Å²) in [5, 5.41) is 9.78. The minimum Gasteiger partial charge on any atom is -0.462 e. The highest BCUT2D eigenvalue weighted by Gasteiger charge is 2.28. The van der Waals surface area contributed by atoms with Crippen LogP contribution in [0, 0.1) is 0 Å². The molecule has 0 aliphatic carbocycles. The second kappa shape index (κ2) is 51.1. The zero-order chi connectivity index (χ0) is 49.9. The van der Waals surface area contributed by atoms with Gasteiger partial charge in [0.25, 0.3) is 0 Å². The van der Waals surface area contributed by atoms with Crippen molar-refractivity contribution in [2.75, 3.05) is 26.4 Å². The summed E-state index contributed by atoms with van der Waals surface area (Å²) in [7, 11) is -4.74. The van der Waals surface area contributed by atoms with Crippen LogP contribution in [-0.2, 0) is 42.2 Å². The molecule has 0 aromatic heterocycles. The van der Waals surface area contributed by atoms with Crippen molar-refractivity contribution in [1.29, 1.82) is 0 Å². The molecule has 0 aliphatic rings. The van der Waals surface area contributed by atoms with Crippen molar-refractivity contribution in [3.05, 3.63) is 36.5 Å². The van der Waals surface area contributed by atoms with E-state index >= 15 is 0 Å². The van der Waals surface area contributed by atoms with E-state index < -0.39 is 57.8 Å². The second-order valence-corrected chi connectivity index (χ2v) is 20.2. The predicted molar refractivity (Wildman–Crippen MR) is 279 cm³/mol. The normalized spacial score (nSPS) is 13.7. The number of aliphatic hydroxyl groups is 1. The number of allylic oxidation sites excluding steroid dienone is 6. The molecule has 2 N–H and O–H groups in total. The molecule has 3 unspecified atom stereocenters. The van der Waals surface area contributed by atoms with E-state index in [-0.39, 0.29) is 25.9 Å². The van der Waals surface area contributed by atoms with Gasteiger partial charge in [-0.05, 0) is 77.0 Å². The molecule has 0 aromatic rings. The van der Waals surface area contributed by atoms with Crippen molar-refractivity contribution >= 4 is 25.7 Å². The zero-order valence-electron chi connectivity index (χ0n) is 43.8. The van der Waals surface area contributed by atoms with Gasteiger partial charge < -0.3 is 24.2 Å². The lowest BCUT2D eigenvalue weighted by Crippen LogP contribution is -2.30. The van der Waals surface area contributed by atoms with Crippen molar-refractivity contribution < 1.29 is 52.2 Å². The first-order valence-electron chi connectivity index (χ1n) is 27.9. The Labute approximate surface area is 416 Å². The Balaban J connectivity index is 4.71. The number of esters is 3. The van der Waals surface area contributed by atoms with E-state index in [1.54, 1.807) is 0 Å². The molecule has 0 aliphatic heterocycles. The summed E-state index contributed by atoms with van der Waals surface area (Å²) >= 11 is 0. The van der Waals surface area contributed by atoms with Gasteiger partial charge >= 0.3 is 25.7 Å². The van der Waals surface area contributed by atoms with Crippen LogP contribution in [0.3, 0.4) is 0 Å². The molecule has 0 radical (unpaired) electrons. The largest absolute Gasteiger partial charge is 0.472 e. The maximum absolute atomic E-state index is 12.9. The SMILES string of the molecule is CCCCC/C=C\C/C=C\CCCCCCCCCC(=O)OC(COC(=O)CCCCCCCCCCCCC)COP(=O)(O)OCC(CO)OC(=O)CCCCCCC/C=C\CCCCCC. The third-order valence-electron chi connectivity index (χ3n) is 12.0. The summed E-state index contributed by atoms with van der Waals surface area (Å²) in [4.78, 5) is 48.4. The quantitative estimate of drug-likeness (QED) is 0.0197. The van der Waals surface area contributed by atoms with Crippen LogP contribution in [-0.4, -0.2) is 66.5 Å². The topological polar surface area (TPSA) is 155 Å². The van der Waals surface area contributed by atoms with Gasteiger partial charge in [-0.15, -0.1) is 0 Å². The molecule has 11 nitrogen and oxygen atoms in total. The third-order valence-corrected chi connectivity index (χ3v) is 13.0. The Morgan fingerprint density at radius 3 is 1.15 bits per heavy atom. The number of hydrogen-bond donors (Lipinski definition) is 2. The molecule has 0 aromatic carbocycles. The Hall–Kier alpha value is -2.30. The van der Waals surface area contributed by atoms with Crippen molar-refractivity contribution in [3.8, 4) is 0 Å². The number of carbonyl (C=O) groups is 3. The molecule has 398 valence electrons. The van der Waals surface area contributed by atoms with Crippen LogP contribution >= 0.6 is 7.82 Å². The number of ether oxygens (including phenoxy) is 3. The number of rotatable bonds is 52. The minimum atomic E-state index is -4.74. The lowest BCUT2D eigenvalue weighted by molar-refractivity contribution is -0.161. The molecule has 0 saturated carbocycles. The van der Waals surface area contributed by atoms with Gasteiger partial charge in [-0.2, -0.15) is 0 Å². The standard InChI is InChI=1S/C56H103O11P/c1-4-7-10-13-16-19-22-24-25-26-27-29-32-35-38-41-44-47-56(60)67-53(49-63-54(58)45-42-39-36-33-30-21-18-15-12-9-6-3)51-65-68(61,62)64-50-52(48-57)66-55(59)46-43-40-37-34-31-28-23-20-17-14-11-8-5-2/h16,19-20,23-25,52-53,57H,4-15,17-18,21-22,26-51H2,1-3H3,(H,61,62)/b19-16-,23-20-,25-24-. The van der Waals surface area contributed by atoms with Gasteiger partial charge in [0.15, 0.2) is 6.10 Å². The fourth-order valence-electron chi connectivity index (χ4n) is 7.73. The van der Waals surface area contributed by atoms with Gasteiger partial charge in [-0.3, -0.25) is 23.4 Å². The summed E-state index contributed by atoms with van der Waals surface area (Å²) in [5.74, 6) is -1.47. The van der Waals surface area contributed by atoms with E-state index in [4.69, 9.17) is 23.3 Å². The van der Waals surface area contributed by atoms with Crippen molar-refractivity contribution in [2.24, 2.45) is 0 Å². The zero-order valence-corrected chi connectivity index (χ0v) is 44.7. The molecule has 68 heavy (non-hydrogen) atoms. The van der Waals surface area contributed by atoms with E-state index in [2.05, 4.69) is 57.2 Å². The average Bonchev–Trinajstić information content (AvgIpc) is 3.32. The van der Waals surface area contributed by atoms with E-state index in [0.29, 0.717) is 19.3 Å². The molecule has 0 saturated heterocycles. The first-order chi connectivity index (χ1) is 33.2. The summed E-state index contributed by atoms with van der Waals surface area (Å²) in [5.41, 5.74) is 0. The highest BCUT2D eigenvalue weighted by Crippen LogP contribution is 2.43. The monoisotopic (exact) mass is 983 g/mol. The summed E-state index contributed by atoms with van der Waals surface area (Å²) in [6, 6.07) is 0. The number of unbranched alkanes of at least 4 members (excludes halogenated alkanes) is 29. The maximum atomic E-state index is 12.9. The Morgan fingerprint density at radius 2 is 0.721 bits per heavy atom. The highest BCUT2D eigenvalue weighted by atomic mass is 31.2. The van der Waals surface area contributed by atoms with Crippen LogP contribution in [0.1, 0.15) is 265 Å². The number of hydrogen-bond acceptors (Lipinski definition) is 10. The lowest BCUT2D eigenvalue weighted by atomic mass is 10.1. The fraction of sp³-hybridized carbons (Fsp3) is 0.839. The second-order valence-electron chi connectivity index (χ2n) is 18.7. The third kappa shape index (κ3) is 48.7. The number of aliphatic hydroxyl groups excluding tert-OH is 1. The molecule has 0 bridgehead atoms. The molecule has 0 fully saturated rings. The lowest BCUT2D eigenvalue weighted by Gasteiger charge is -2.21. The van der Waals surface area contributed by atoms with Crippen LogP contribution in [0.25, 0.3) is 0 Å². The van der Waals surface area contributed by atoms with Crippen LogP contribution in [0.5, 0.6) is 0 Å².